The summed E-state index contributed by atoms with van der Waals surface area (Å²) in [7, 11) is 0. The van der Waals surface area contributed by atoms with Crippen LogP contribution in [-0.2, 0) is 4.79 Å². The van der Waals surface area contributed by atoms with Gasteiger partial charge in [-0.1, -0.05) is 18.2 Å². The molecule has 2 aromatic rings. The van der Waals surface area contributed by atoms with Crippen LogP contribution in [0.5, 0.6) is 0 Å². The van der Waals surface area contributed by atoms with Crippen molar-refractivity contribution in [1.29, 1.82) is 0 Å². The molecule has 2 atom stereocenters. The second-order valence-corrected chi connectivity index (χ2v) is 9.50. The van der Waals surface area contributed by atoms with E-state index in [1.807, 2.05) is 47.0 Å². The van der Waals surface area contributed by atoms with Gasteiger partial charge < -0.3 is 20.9 Å². The molecule has 1 aromatic carbocycles. The zero-order chi connectivity index (χ0) is 21.4. The number of pyridine rings is 1. The van der Waals surface area contributed by atoms with Crippen molar-refractivity contribution >= 4 is 40.2 Å². The number of nitrogens with zero attached hydrogens (tertiary/aromatic N) is 4. The van der Waals surface area contributed by atoms with E-state index in [2.05, 4.69) is 20.1 Å². The highest BCUT2D eigenvalue weighted by atomic mass is 32.2. The molecule has 3 fully saturated rings. The number of rotatable bonds is 4. The molecule has 0 radical (unpaired) electrons. The van der Waals surface area contributed by atoms with E-state index in [9.17, 15) is 9.59 Å². The van der Waals surface area contributed by atoms with Gasteiger partial charge in [-0.2, -0.15) is 0 Å². The van der Waals surface area contributed by atoms with E-state index in [1.54, 1.807) is 0 Å². The Morgan fingerprint density at radius 3 is 2.68 bits per heavy atom. The fourth-order valence-corrected chi connectivity index (χ4v) is 5.82. The molecular formula is C22H28N6O2S. The van der Waals surface area contributed by atoms with E-state index in [4.69, 9.17) is 5.73 Å². The van der Waals surface area contributed by atoms with Crippen LogP contribution in [0.4, 0.5) is 5.69 Å². The number of thioether (sulfide) groups is 1. The number of carbonyl (C=O) groups is 2. The molecule has 3 saturated heterocycles. The van der Waals surface area contributed by atoms with Crippen molar-refractivity contribution < 1.29 is 9.59 Å². The quantitative estimate of drug-likeness (QED) is 0.723. The number of fused-ring (bicyclic) bond motifs is 1. The summed E-state index contributed by atoms with van der Waals surface area (Å²) in [5.41, 5.74) is 7.63. The van der Waals surface area contributed by atoms with E-state index >= 15 is 0 Å². The van der Waals surface area contributed by atoms with Crippen molar-refractivity contribution in [3.8, 4) is 0 Å². The number of hydrogen-bond acceptors (Lipinski definition) is 7. The van der Waals surface area contributed by atoms with Gasteiger partial charge in [0.05, 0.1) is 17.4 Å². The van der Waals surface area contributed by atoms with Gasteiger partial charge in [0.25, 0.3) is 5.91 Å². The number of nitrogens with two attached hydrogens (primary N) is 1. The Hall–Kier alpha value is -2.36. The predicted molar refractivity (Wildman–Crippen MR) is 123 cm³/mol. The summed E-state index contributed by atoms with van der Waals surface area (Å²) in [6.45, 7) is 5.32. The molecule has 3 aliphatic rings. The second kappa shape index (κ2) is 8.64. The fraction of sp³-hybridized carbons (Fsp3) is 0.500. The van der Waals surface area contributed by atoms with Gasteiger partial charge >= 0.3 is 0 Å². The number of hydrogen-bond donors (Lipinski definition) is 2. The number of carbonyl (C=O) groups excluding carboxylic acids is 2. The summed E-state index contributed by atoms with van der Waals surface area (Å²) in [6, 6.07) is 10.0. The predicted octanol–water partition coefficient (Wildman–Crippen LogP) is 0.719. The summed E-state index contributed by atoms with van der Waals surface area (Å²) in [6.07, 6.45) is 0.879. The van der Waals surface area contributed by atoms with Gasteiger partial charge in [0.1, 0.15) is 5.69 Å². The van der Waals surface area contributed by atoms with Crippen molar-refractivity contribution in [1.82, 2.24) is 20.1 Å². The van der Waals surface area contributed by atoms with Gasteiger partial charge in [0, 0.05) is 62.1 Å². The SMILES string of the molecule is NC(=O)c1cc(N2CCN([C@@H]3CN[C@H](C(=O)N4CCSC4)C3)CC2)c2ccccc2n1. The van der Waals surface area contributed by atoms with Crippen LogP contribution in [0.2, 0.25) is 0 Å². The maximum absolute atomic E-state index is 12.7. The van der Waals surface area contributed by atoms with Crippen LogP contribution >= 0.6 is 11.8 Å². The molecule has 0 saturated carbocycles. The van der Waals surface area contributed by atoms with Gasteiger partial charge in [-0.25, -0.2) is 4.98 Å². The number of aromatic nitrogens is 1. The average molecular weight is 441 g/mol. The molecule has 0 unspecified atom stereocenters. The molecule has 3 N–H and O–H groups in total. The summed E-state index contributed by atoms with van der Waals surface area (Å²) >= 11 is 1.83. The molecule has 31 heavy (non-hydrogen) atoms. The lowest BCUT2D eigenvalue weighted by Crippen LogP contribution is -2.51. The molecular weight excluding hydrogens is 412 g/mol. The first kappa shape index (κ1) is 20.5. The number of anilines is 1. The number of nitrogens with one attached hydrogen (secondary N) is 1. The first-order chi connectivity index (χ1) is 15.1. The zero-order valence-electron chi connectivity index (χ0n) is 17.5. The molecule has 3 aliphatic heterocycles. The molecule has 4 heterocycles. The summed E-state index contributed by atoms with van der Waals surface area (Å²) in [5, 5.41) is 4.49. The van der Waals surface area contributed by atoms with E-state index < -0.39 is 5.91 Å². The molecule has 0 spiro atoms. The Labute approximate surface area is 186 Å². The minimum atomic E-state index is -0.505. The minimum Gasteiger partial charge on any atom is -0.368 e. The summed E-state index contributed by atoms with van der Waals surface area (Å²) < 4.78 is 0. The van der Waals surface area contributed by atoms with Gasteiger partial charge in [-0.15, -0.1) is 11.8 Å². The third-order valence-electron chi connectivity index (χ3n) is 6.59. The van der Waals surface area contributed by atoms with Crippen LogP contribution < -0.4 is 16.0 Å². The van der Waals surface area contributed by atoms with Crippen molar-refractivity contribution in [3.63, 3.8) is 0 Å². The standard InChI is InChI=1S/C22H28N6O2S/c23-21(29)18-12-20(16-3-1-2-4-17(16)25-18)27-7-5-26(6-8-27)15-11-19(24-13-15)22(30)28-9-10-31-14-28/h1-4,12,15,19,24H,5-11,13-14H2,(H2,23,29)/t15-,19-/m0/s1. The Bertz CT molecular complexity index is 987. The first-order valence-corrected chi connectivity index (χ1v) is 12.0. The van der Waals surface area contributed by atoms with E-state index in [-0.39, 0.29) is 11.9 Å². The number of piperazine rings is 1. The maximum atomic E-state index is 12.7. The number of benzene rings is 1. The highest BCUT2D eigenvalue weighted by molar-refractivity contribution is 7.99. The Morgan fingerprint density at radius 1 is 1.13 bits per heavy atom. The number of primary amides is 1. The summed E-state index contributed by atoms with van der Waals surface area (Å²) in [4.78, 5) is 35.7. The fourth-order valence-electron chi connectivity index (χ4n) is 4.86. The van der Waals surface area contributed by atoms with Gasteiger partial charge in [0.2, 0.25) is 5.91 Å². The van der Waals surface area contributed by atoms with Gasteiger partial charge in [-0.05, 0) is 18.6 Å². The van der Waals surface area contributed by atoms with E-state index in [1.165, 1.54) is 0 Å². The van der Waals surface area contributed by atoms with E-state index in [0.29, 0.717) is 11.7 Å². The lowest BCUT2D eigenvalue weighted by atomic mass is 10.1. The molecule has 164 valence electrons. The van der Waals surface area contributed by atoms with Crippen molar-refractivity contribution in [2.24, 2.45) is 5.73 Å². The molecule has 2 amide bonds. The topological polar surface area (TPSA) is 94.8 Å². The van der Waals surface area contributed by atoms with Gasteiger partial charge in [0.15, 0.2) is 0 Å². The van der Waals surface area contributed by atoms with Crippen LogP contribution in [0.15, 0.2) is 30.3 Å². The second-order valence-electron chi connectivity index (χ2n) is 8.42. The molecule has 5 rings (SSSR count). The lowest BCUT2D eigenvalue weighted by molar-refractivity contribution is -0.131. The van der Waals surface area contributed by atoms with Crippen LogP contribution in [-0.4, -0.2) is 89.6 Å². The molecule has 8 nitrogen and oxygen atoms in total. The van der Waals surface area contributed by atoms with E-state index in [0.717, 1.165) is 73.9 Å². The Balaban J connectivity index is 1.25. The van der Waals surface area contributed by atoms with Crippen LogP contribution in [0.3, 0.4) is 0 Å². The van der Waals surface area contributed by atoms with Crippen molar-refractivity contribution in [2.75, 3.05) is 55.8 Å². The smallest absolute Gasteiger partial charge is 0.267 e. The molecule has 1 aromatic heterocycles. The van der Waals surface area contributed by atoms with Crippen molar-refractivity contribution in [3.05, 3.63) is 36.0 Å². The third kappa shape index (κ3) is 4.09. The monoisotopic (exact) mass is 440 g/mol. The van der Waals surface area contributed by atoms with Gasteiger partial charge in [-0.3, -0.25) is 14.5 Å². The average Bonchev–Trinajstić information content (AvgIpc) is 3.50. The Kier molecular flexibility index (Phi) is 5.73. The largest absolute Gasteiger partial charge is 0.368 e. The summed E-state index contributed by atoms with van der Waals surface area (Å²) in [5.74, 6) is 1.63. The van der Waals surface area contributed by atoms with Crippen LogP contribution in [0.1, 0.15) is 16.9 Å². The minimum absolute atomic E-state index is 0.0519. The van der Waals surface area contributed by atoms with Crippen LogP contribution in [0, 0.1) is 0 Å². The normalized spacial score (nSPS) is 24.8. The maximum Gasteiger partial charge on any atom is 0.267 e. The van der Waals surface area contributed by atoms with Crippen LogP contribution in [0.25, 0.3) is 10.9 Å². The first-order valence-electron chi connectivity index (χ1n) is 10.9. The highest BCUT2D eigenvalue weighted by Gasteiger charge is 2.36. The number of amides is 2. The Morgan fingerprint density at radius 2 is 1.94 bits per heavy atom. The lowest BCUT2D eigenvalue weighted by Gasteiger charge is -2.39. The molecule has 0 aliphatic carbocycles. The van der Waals surface area contributed by atoms with Crippen molar-refractivity contribution in [2.45, 2.75) is 18.5 Å². The molecule has 0 bridgehead atoms. The third-order valence-corrected chi connectivity index (χ3v) is 7.55. The highest BCUT2D eigenvalue weighted by Crippen LogP contribution is 2.29. The number of para-hydroxylation sites is 1. The molecule has 9 heteroatoms. The zero-order valence-corrected chi connectivity index (χ0v) is 18.3.